The Hall–Kier alpha value is -0.980. The molecule has 1 rings (SSSR count). The zero-order chi connectivity index (χ0) is 9.84. The highest BCUT2D eigenvalue weighted by Crippen LogP contribution is 2.18. The second-order valence-electron chi connectivity index (χ2n) is 4.08. The van der Waals surface area contributed by atoms with Crippen LogP contribution in [0.5, 0.6) is 0 Å². The molecule has 0 fully saturated rings. The number of benzene rings is 1. The predicted octanol–water partition coefficient (Wildman–Crippen LogP) is 3.63. The SMILES string of the molecule is CC(C)Nc1cccc(C(C)C)c1. The molecular weight excluding hydrogens is 158 g/mol. The molecule has 0 aliphatic heterocycles. The van der Waals surface area contributed by atoms with Crippen LogP contribution in [-0.4, -0.2) is 6.04 Å². The lowest BCUT2D eigenvalue weighted by Gasteiger charge is -2.12. The van der Waals surface area contributed by atoms with Crippen LogP contribution in [0.25, 0.3) is 0 Å². The summed E-state index contributed by atoms with van der Waals surface area (Å²) in [4.78, 5) is 0. The fraction of sp³-hybridized carbons (Fsp3) is 0.500. The summed E-state index contributed by atoms with van der Waals surface area (Å²) in [6.07, 6.45) is 0. The number of rotatable bonds is 3. The van der Waals surface area contributed by atoms with Gasteiger partial charge in [-0.2, -0.15) is 0 Å². The minimum atomic E-state index is 0.502. The lowest BCUT2D eigenvalue weighted by molar-refractivity contribution is 0.861. The molecule has 0 atom stereocenters. The van der Waals surface area contributed by atoms with Gasteiger partial charge in [-0.25, -0.2) is 0 Å². The Bertz CT molecular complexity index is 264. The molecule has 0 radical (unpaired) electrons. The summed E-state index contributed by atoms with van der Waals surface area (Å²) in [5.74, 6) is 0.605. The van der Waals surface area contributed by atoms with Crippen LogP contribution in [0.2, 0.25) is 0 Å². The van der Waals surface area contributed by atoms with Crippen LogP contribution in [-0.2, 0) is 0 Å². The van der Waals surface area contributed by atoms with Crippen LogP contribution >= 0.6 is 0 Å². The third-order valence-electron chi connectivity index (χ3n) is 2.01. The maximum atomic E-state index is 3.40. The van der Waals surface area contributed by atoms with E-state index in [1.165, 1.54) is 11.3 Å². The molecule has 72 valence electrons. The largest absolute Gasteiger partial charge is 0.383 e. The maximum Gasteiger partial charge on any atom is 0.0344 e. The first kappa shape index (κ1) is 10.1. The van der Waals surface area contributed by atoms with Crippen LogP contribution in [0.3, 0.4) is 0 Å². The molecule has 1 aromatic rings. The highest BCUT2D eigenvalue weighted by molar-refractivity contribution is 5.46. The summed E-state index contributed by atoms with van der Waals surface area (Å²) in [5.41, 5.74) is 2.62. The third kappa shape index (κ3) is 3.10. The van der Waals surface area contributed by atoms with E-state index in [-0.39, 0.29) is 0 Å². The summed E-state index contributed by atoms with van der Waals surface area (Å²) < 4.78 is 0. The molecule has 1 nitrogen and oxygen atoms in total. The van der Waals surface area contributed by atoms with Gasteiger partial charge in [0.05, 0.1) is 0 Å². The zero-order valence-electron chi connectivity index (χ0n) is 8.96. The minimum Gasteiger partial charge on any atom is -0.383 e. The molecular formula is C12H19N. The van der Waals surface area contributed by atoms with Crippen molar-refractivity contribution in [1.82, 2.24) is 0 Å². The number of hydrogen-bond donors (Lipinski definition) is 1. The first-order valence-corrected chi connectivity index (χ1v) is 4.96. The van der Waals surface area contributed by atoms with Crippen molar-refractivity contribution in [3.63, 3.8) is 0 Å². The molecule has 13 heavy (non-hydrogen) atoms. The number of anilines is 1. The van der Waals surface area contributed by atoms with Crippen LogP contribution in [0.15, 0.2) is 24.3 Å². The van der Waals surface area contributed by atoms with Crippen LogP contribution < -0.4 is 5.32 Å². The Labute approximate surface area is 81.2 Å². The third-order valence-corrected chi connectivity index (χ3v) is 2.01. The standard InChI is InChI=1S/C12H19N/c1-9(2)11-6-5-7-12(8-11)13-10(3)4/h5-10,13H,1-4H3. The molecule has 0 aromatic heterocycles. The van der Waals surface area contributed by atoms with Gasteiger partial charge in [-0.05, 0) is 37.5 Å². The van der Waals surface area contributed by atoms with Crippen LogP contribution in [0, 0.1) is 0 Å². The van der Waals surface area contributed by atoms with Crippen molar-refractivity contribution in [2.24, 2.45) is 0 Å². The molecule has 1 aromatic carbocycles. The fourth-order valence-corrected chi connectivity index (χ4v) is 1.32. The fourth-order valence-electron chi connectivity index (χ4n) is 1.32. The van der Waals surface area contributed by atoms with E-state index >= 15 is 0 Å². The summed E-state index contributed by atoms with van der Waals surface area (Å²) in [7, 11) is 0. The minimum absolute atomic E-state index is 0.502. The Morgan fingerprint density at radius 3 is 2.31 bits per heavy atom. The molecule has 0 spiro atoms. The normalized spacial score (nSPS) is 10.9. The van der Waals surface area contributed by atoms with Crippen LogP contribution in [0.4, 0.5) is 5.69 Å². The summed E-state index contributed by atoms with van der Waals surface area (Å²) in [5, 5.41) is 3.40. The van der Waals surface area contributed by atoms with Crippen molar-refractivity contribution in [2.75, 3.05) is 5.32 Å². The lowest BCUT2D eigenvalue weighted by atomic mass is 10.0. The molecule has 0 unspecified atom stereocenters. The Morgan fingerprint density at radius 1 is 1.08 bits per heavy atom. The van der Waals surface area contributed by atoms with Gasteiger partial charge in [-0.1, -0.05) is 26.0 Å². The lowest BCUT2D eigenvalue weighted by Crippen LogP contribution is -2.09. The van der Waals surface area contributed by atoms with Gasteiger partial charge in [-0.15, -0.1) is 0 Å². The van der Waals surface area contributed by atoms with Gasteiger partial charge in [0.1, 0.15) is 0 Å². The van der Waals surface area contributed by atoms with E-state index in [0.717, 1.165) is 0 Å². The molecule has 0 saturated heterocycles. The van der Waals surface area contributed by atoms with Gasteiger partial charge in [-0.3, -0.25) is 0 Å². The Morgan fingerprint density at radius 2 is 1.77 bits per heavy atom. The molecule has 1 heteroatoms. The van der Waals surface area contributed by atoms with E-state index in [9.17, 15) is 0 Å². The Kier molecular flexibility index (Phi) is 3.35. The van der Waals surface area contributed by atoms with Gasteiger partial charge in [0, 0.05) is 11.7 Å². The van der Waals surface area contributed by atoms with Crippen molar-refractivity contribution in [3.8, 4) is 0 Å². The van der Waals surface area contributed by atoms with Crippen molar-refractivity contribution < 1.29 is 0 Å². The smallest absolute Gasteiger partial charge is 0.0344 e. The average molecular weight is 177 g/mol. The molecule has 0 saturated carbocycles. The predicted molar refractivity (Wildman–Crippen MR) is 59.3 cm³/mol. The maximum absolute atomic E-state index is 3.40. The van der Waals surface area contributed by atoms with E-state index < -0.39 is 0 Å². The van der Waals surface area contributed by atoms with Crippen LogP contribution in [0.1, 0.15) is 39.2 Å². The summed E-state index contributed by atoms with van der Waals surface area (Å²) in [6.45, 7) is 8.74. The molecule has 1 N–H and O–H groups in total. The van der Waals surface area contributed by atoms with E-state index in [2.05, 4.69) is 57.3 Å². The zero-order valence-corrected chi connectivity index (χ0v) is 8.96. The van der Waals surface area contributed by atoms with Crippen molar-refractivity contribution in [1.29, 1.82) is 0 Å². The van der Waals surface area contributed by atoms with Gasteiger partial charge in [0.2, 0.25) is 0 Å². The van der Waals surface area contributed by atoms with Crippen molar-refractivity contribution in [3.05, 3.63) is 29.8 Å². The topological polar surface area (TPSA) is 12.0 Å². The second kappa shape index (κ2) is 4.31. The summed E-state index contributed by atoms with van der Waals surface area (Å²) in [6, 6.07) is 9.13. The van der Waals surface area contributed by atoms with E-state index in [1.54, 1.807) is 0 Å². The highest BCUT2D eigenvalue weighted by atomic mass is 14.9. The van der Waals surface area contributed by atoms with Crippen molar-refractivity contribution >= 4 is 5.69 Å². The van der Waals surface area contributed by atoms with E-state index in [0.29, 0.717) is 12.0 Å². The quantitative estimate of drug-likeness (QED) is 0.743. The van der Waals surface area contributed by atoms with Crippen molar-refractivity contribution in [2.45, 2.75) is 39.7 Å². The summed E-state index contributed by atoms with van der Waals surface area (Å²) >= 11 is 0. The van der Waals surface area contributed by atoms with Gasteiger partial charge < -0.3 is 5.32 Å². The van der Waals surface area contributed by atoms with Gasteiger partial charge in [0.25, 0.3) is 0 Å². The van der Waals surface area contributed by atoms with Gasteiger partial charge >= 0.3 is 0 Å². The first-order chi connectivity index (χ1) is 6.09. The molecule has 0 heterocycles. The van der Waals surface area contributed by atoms with Gasteiger partial charge in [0.15, 0.2) is 0 Å². The van der Waals surface area contributed by atoms with E-state index in [1.807, 2.05) is 0 Å². The monoisotopic (exact) mass is 177 g/mol. The molecule has 0 amide bonds. The molecule has 0 bridgehead atoms. The highest BCUT2D eigenvalue weighted by Gasteiger charge is 2.00. The Balaban J connectivity index is 2.79. The molecule has 0 aliphatic carbocycles. The first-order valence-electron chi connectivity index (χ1n) is 4.96. The number of nitrogens with one attached hydrogen (secondary N) is 1. The number of hydrogen-bond acceptors (Lipinski definition) is 1. The molecule has 0 aliphatic rings. The van der Waals surface area contributed by atoms with E-state index in [4.69, 9.17) is 0 Å². The second-order valence-corrected chi connectivity index (χ2v) is 4.08. The average Bonchev–Trinajstić information content (AvgIpc) is 2.03.